The standard InChI is InChI=1S/C32H44FN4O4/c1-3-4-5-6-7-11-30(38)40-22-37(20-16-26-23(2)34-29-10-8-9-17-36(29)32(26)39)18-14-24(15-19-37)31-27-13-12-25(33)21-28(27)41-35-31/h12-13,21,24H,3-11,14-20,22H2,1-2H3/q+1. The number of rotatable bonds is 12. The Morgan fingerprint density at radius 3 is 2.78 bits per heavy atom. The summed E-state index contributed by atoms with van der Waals surface area (Å²) in [5, 5.41) is 5.16. The molecule has 8 nitrogen and oxygen atoms in total. The maximum absolute atomic E-state index is 13.7. The zero-order chi connectivity index (χ0) is 28.8. The maximum atomic E-state index is 13.7. The van der Waals surface area contributed by atoms with E-state index in [-0.39, 0.29) is 23.3 Å². The van der Waals surface area contributed by atoms with Gasteiger partial charge in [0, 0.05) is 67.3 Å². The van der Waals surface area contributed by atoms with Crippen LogP contribution in [0.2, 0.25) is 0 Å². The Morgan fingerprint density at radius 1 is 1.17 bits per heavy atom. The van der Waals surface area contributed by atoms with Gasteiger partial charge in [-0.25, -0.2) is 9.37 Å². The van der Waals surface area contributed by atoms with Gasteiger partial charge in [-0.1, -0.05) is 37.8 Å². The van der Waals surface area contributed by atoms with Crippen LogP contribution in [-0.4, -0.2) is 51.5 Å². The van der Waals surface area contributed by atoms with Crippen molar-refractivity contribution in [3.8, 4) is 0 Å². The van der Waals surface area contributed by atoms with Crippen LogP contribution in [0.25, 0.3) is 11.0 Å². The fraction of sp³-hybridized carbons (Fsp3) is 0.625. The molecular formula is C32H44FN4O4+. The third-order valence-corrected chi connectivity index (χ3v) is 9.15. The van der Waals surface area contributed by atoms with Crippen LogP contribution in [0, 0.1) is 12.7 Å². The number of benzene rings is 1. The summed E-state index contributed by atoms with van der Waals surface area (Å²) in [6.45, 7) is 7.47. The minimum Gasteiger partial charge on any atom is -0.415 e. The molecule has 0 N–H and O–H groups in total. The molecule has 1 saturated heterocycles. The van der Waals surface area contributed by atoms with Crippen molar-refractivity contribution in [1.29, 1.82) is 0 Å². The molecule has 2 aliphatic heterocycles. The first kappa shape index (κ1) is 29.4. The summed E-state index contributed by atoms with van der Waals surface area (Å²) in [5.41, 5.74) is 3.03. The van der Waals surface area contributed by atoms with Gasteiger partial charge in [-0.2, -0.15) is 0 Å². The highest BCUT2D eigenvalue weighted by Gasteiger charge is 2.37. The first-order valence-electron chi connectivity index (χ1n) is 15.5. The summed E-state index contributed by atoms with van der Waals surface area (Å²) in [7, 11) is 0. The lowest BCUT2D eigenvalue weighted by atomic mass is 9.90. The highest BCUT2D eigenvalue weighted by atomic mass is 19.1. The van der Waals surface area contributed by atoms with Crippen molar-refractivity contribution >= 4 is 16.9 Å². The van der Waals surface area contributed by atoms with Crippen molar-refractivity contribution < 1.29 is 22.9 Å². The van der Waals surface area contributed by atoms with E-state index in [9.17, 15) is 14.0 Å². The molecule has 4 heterocycles. The van der Waals surface area contributed by atoms with Crippen molar-refractivity contribution in [1.82, 2.24) is 14.7 Å². The van der Waals surface area contributed by atoms with Crippen LogP contribution < -0.4 is 5.56 Å². The topological polar surface area (TPSA) is 87.2 Å². The van der Waals surface area contributed by atoms with Crippen LogP contribution in [-0.2, 0) is 28.9 Å². The molecule has 3 aromatic rings. The Hall–Kier alpha value is -3.07. The number of carbonyl (C=O) groups excluding carboxylic acids is 1. The number of hydrogen-bond donors (Lipinski definition) is 0. The van der Waals surface area contributed by atoms with Gasteiger partial charge in [0.05, 0.1) is 25.3 Å². The molecule has 0 bridgehead atoms. The lowest BCUT2D eigenvalue weighted by Crippen LogP contribution is -2.55. The molecule has 2 aliphatic rings. The molecule has 9 heteroatoms. The maximum Gasteiger partial charge on any atom is 0.310 e. The van der Waals surface area contributed by atoms with E-state index in [4.69, 9.17) is 14.2 Å². The van der Waals surface area contributed by atoms with Crippen molar-refractivity contribution in [3.63, 3.8) is 0 Å². The average molecular weight is 568 g/mol. The third-order valence-electron chi connectivity index (χ3n) is 9.15. The number of carbonyl (C=O) groups is 1. The number of nitrogens with zero attached hydrogens (tertiary/aromatic N) is 4. The third kappa shape index (κ3) is 6.88. The predicted octanol–water partition coefficient (Wildman–Crippen LogP) is 5.97. The van der Waals surface area contributed by atoms with E-state index in [1.165, 1.54) is 25.0 Å². The second-order valence-electron chi connectivity index (χ2n) is 12.1. The number of aryl methyl sites for hydroxylation is 2. The summed E-state index contributed by atoms with van der Waals surface area (Å²) in [4.78, 5) is 30.9. The number of esters is 1. The van der Waals surface area contributed by atoms with Gasteiger partial charge in [-0.05, 0) is 38.3 Å². The van der Waals surface area contributed by atoms with Gasteiger partial charge in [0.25, 0.3) is 5.56 Å². The number of likely N-dealkylation sites (tertiary alicyclic amines) is 1. The molecule has 2 aromatic heterocycles. The fourth-order valence-electron chi connectivity index (χ4n) is 6.55. The molecule has 0 amide bonds. The molecule has 0 saturated carbocycles. The second kappa shape index (κ2) is 13.3. The monoisotopic (exact) mass is 567 g/mol. The summed E-state index contributed by atoms with van der Waals surface area (Å²) in [6.07, 6.45) is 11.1. The van der Waals surface area contributed by atoms with Crippen molar-refractivity contribution in [2.75, 3.05) is 26.4 Å². The number of piperidine rings is 1. The number of unbranched alkanes of at least 4 members (excludes halogenated alkanes) is 4. The normalized spacial score (nSPS) is 20.7. The van der Waals surface area contributed by atoms with Gasteiger partial charge < -0.3 is 9.26 Å². The fourth-order valence-corrected chi connectivity index (χ4v) is 6.55. The van der Waals surface area contributed by atoms with Crippen LogP contribution in [0.1, 0.15) is 99.8 Å². The molecule has 1 fully saturated rings. The van der Waals surface area contributed by atoms with E-state index in [2.05, 4.69) is 12.1 Å². The van der Waals surface area contributed by atoms with Crippen LogP contribution in [0.3, 0.4) is 0 Å². The molecule has 1 aromatic carbocycles. The number of fused-ring (bicyclic) bond motifs is 2. The molecular weight excluding hydrogens is 523 g/mol. The lowest BCUT2D eigenvalue weighted by Gasteiger charge is -2.42. The Bertz CT molecular complexity index is 1410. The van der Waals surface area contributed by atoms with Gasteiger partial charge in [-0.15, -0.1) is 0 Å². The van der Waals surface area contributed by atoms with E-state index in [1.807, 2.05) is 11.5 Å². The molecule has 0 aliphatic carbocycles. The van der Waals surface area contributed by atoms with Crippen LogP contribution in [0.15, 0.2) is 27.5 Å². The molecule has 0 spiro atoms. The van der Waals surface area contributed by atoms with Crippen LogP contribution in [0.4, 0.5) is 4.39 Å². The smallest absolute Gasteiger partial charge is 0.310 e. The van der Waals surface area contributed by atoms with E-state index in [0.29, 0.717) is 36.2 Å². The molecule has 0 unspecified atom stereocenters. The Kier molecular flexibility index (Phi) is 9.53. The quantitative estimate of drug-likeness (QED) is 0.152. The summed E-state index contributed by atoms with van der Waals surface area (Å²) in [5.74, 6) is 0.603. The Balaban J connectivity index is 1.29. The van der Waals surface area contributed by atoms with E-state index in [1.54, 1.807) is 6.07 Å². The van der Waals surface area contributed by atoms with Crippen molar-refractivity contribution in [2.24, 2.45) is 0 Å². The zero-order valence-corrected chi connectivity index (χ0v) is 24.6. The van der Waals surface area contributed by atoms with Gasteiger partial charge in [0.2, 0.25) is 6.73 Å². The molecule has 222 valence electrons. The largest absolute Gasteiger partial charge is 0.415 e. The predicted molar refractivity (Wildman–Crippen MR) is 155 cm³/mol. The van der Waals surface area contributed by atoms with E-state index in [0.717, 1.165) is 99.2 Å². The second-order valence-corrected chi connectivity index (χ2v) is 12.1. The summed E-state index contributed by atoms with van der Waals surface area (Å²) >= 11 is 0. The summed E-state index contributed by atoms with van der Waals surface area (Å²) in [6, 6.07) is 4.57. The van der Waals surface area contributed by atoms with Gasteiger partial charge in [0.15, 0.2) is 5.58 Å². The summed E-state index contributed by atoms with van der Waals surface area (Å²) < 4.78 is 27.5. The lowest BCUT2D eigenvalue weighted by molar-refractivity contribution is -0.948. The number of ether oxygens (including phenoxy) is 1. The SMILES string of the molecule is CCCCCCCC(=O)OC[N+]1(CCc2c(C)nc3n(c2=O)CCCC3)CCC(c2noc3cc(F)ccc23)CC1. The average Bonchev–Trinajstić information content (AvgIpc) is 3.39. The van der Waals surface area contributed by atoms with Crippen molar-refractivity contribution in [2.45, 2.75) is 103 Å². The highest BCUT2D eigenvalue weighted by Crippen LogP contribution is 2.35. The molecule has 41 heavy (non-hydrogen) atoms. The number of hydrogen-bond acceptors (Lipinski definition) is 6. The first-order chi connectivity index (χ1) is 19.9. The minimum atomic E-state index is -0.338. The van der Waals surface area contributed by atoms with Gasteiger partial charge in [0.1, 0.15) is 11.6 Å². The molecule has 5 rings (SSSR count). The van der Waals surface area contributed by atoms with Crippen LogP contribution in [0.5, 0.6) is 0 Å². The Labute approximate surface area is 241 Å². The first-order valence-corrected chi connectivity index (χ1v) is 15.5. The number of quaternary nitrogens is 1. The van der Waals surface area contributed by atoms with E-state index >= 15 is 0 Å². The number of aromatic nitrogens is 3. The van der Waals surface area contributed by atoms with Crippen LogP contribution >= 0.6 is 0 Å². The number of halogens is 1. The zero-order valence-electron chi connectivity index (χ0n) is 24.6. The van der Waals surface area contributed by atoms with E-state index < -0.39 is 0 Å². The highest BCUT2D eigenvalue weighted by molar-refractivity contribution is 5.79. The minimum absolute atomic E-state index is 0.0885. The van der Waals surface area contributed by atoms with Gasteiger partial charge in [-0.3, -0.25) is 18.6 Å². The molecule has 0 atom stereocenters. The van der Waals surface area contributed by atoms with Gasteiger partial charge >= 0.3 is 5.97 Å². The van der Waals surface area contributed by atoms with Crippen molar-refractivity contribution in [3.05, 3.63) is 57.1 Å². The molecule has 0 radical (unpaired) electrons. The Morgan fingerprint density at radius 2 is 1.98 bits per heavy atom.